The van der Waals surface area contributed by atoms with Gasteiger partial charge in [0.2, 0.25) is 0 Å². The Balaban J connectivity index is 2.11. The molecule has 6 heteroatoms. The van der Waals surface area contributed by atoms with Crippen molar-refractivity contribution in [3.05, 3.63) is 29.8 Å². The van der Waals surface area contributed by atoms with Crippen molar-refractivity contribution >= 4 is 14.3 Å². The van der Waals surface area contributed by atoms with Crippen molar-refractivity contribution in [3.8, 4) is 5.75 Å². The van der Waals surface area contributed by atoms with Crippen LogP contribution < -0.4 is 4.74 Å². The molecule has 0 spiro atoms. The molecular formula is C20H33NO4Si. The van der Waals surface area contributed by atoms with Gasteiger partial charge >= 0.3 is 5.97 Å². The van der Waals surface area contributed by atoms with Crippen molar-refractivity contribution in [1.29, 1.82) is 0 Å². The summed E-state index contributed by atoms with van der Waals surface area (Å²) in [6, 6.07) is 7.71. The molecule has 1 heterocycles. The number of hydrogen-bond acceptors (Lipinski definition) is 5. The second kappa shape index (κ2) is 8.11. The molecule has 146 valence electrons. The number of hydrogen-bond donors (Lipinski definition) is 0. The quantitative estimate of drug-likeness (QED) is 0.555. The third kappa shape index (κ3) is 4.87. The fourth-order valence-corrected chi connectivity index (χ4v) is 4.42. The van der Waals surface area contributed by atoms with E-state index >= 15 is 0 Å². The van der Waals surface area contributed by atoms with Crippen LogP contribution in [0.1, 0.15) is 32.8 Å². The molecule has 1 aliphatic rings. The molecule has 1 aromatic rings. The molecule has 0 aromatic heterocycles. The zero-order chi connectivity index (χ0) is 19.5. The second-order valence-corrected chi connectivity index (χ2v) is 13.3. The van der Waals surface area contributed by atoms with Crippen LogP contribution in [0.25, 0.3) is 0 Å². The highest BCUT2D eigenvalue weighted by Crippen LogP contribution is 2.39. The summed E-state index contributed by atoms with van der Waals surface area (Å²) in [4.78, 5) is 14.5. The van der Waals surface area contributed by atoms with E-state index in [1.807, 2.05) is 24.3 Å². The lowest BCUT2D eigenvalue weighted by atomic mass is 10.1. The van der Waals surface area contributed by atoms with Crippen LogP contribution in [0.15, 0.2) is 24.3 Å². The van der Waals surface area contributed by atoms with Crippen molar-refractivity contribution in [2.24, 2.45) is 0 Å². The molecular weight excluding hydrogens is 346 g/mol. The standard InChI is InChI=1S/C20H33NO4Si/c1-20(2,3)26(6,7)25-17-12-18(19(22)24-5)21(14-17)13-15-8-10-16(23-4)11-9-15/h8-11,17-18H,12-14H2,1-7H3/t17-,18+/m1/s1. The first-order valence-corrected chi connectivity index (χ1v) is 12.1. The van der Waals surface area contributed by atoms with E-state index in [4.69, 9.17) is 13.9 Å². The molecule has 5 nitrogen and oxygen atoms in total. The highest BCUT2D eigenvalue weighted by molar-refractivity contribution is 6.74. The van der Waals surface area contributed by atoms with Gasteiger partial charge in [-0.2, -0.15) is 0 Å². The topological polar surface area (TPSA) is 48.0 Å². The third-order valence-electron chi connectivity index (χ3n) is 5.65. The van der Waals surface area contributed by atoms with Crippen LogP contribution in [0.5, 0.6) is 5.75 Å². The average molecular weight is 380 g/mol. The number of rotatable bonds is 6. The maximum absolute atomic E-state index is 12.3. The number of carbonyl (C=O) groups excluding carboxylic acids is 1. The summed E-state index contributed by atoms with van der Waals surface area (Å²) < 4.78 is 16.8. The zero-order valence-corrected chi connectivity index (χ0v) is 18.2. The number of benzene rings is 1. The van der Waals surface area contributed by atoms with E-state index in [9.17, 15) is 4.79 Å². The van der Waals surface area contributed by atoms with Gasteiger partial charge in [-0.15, -0.1) is 0 Å². The number of methoxy groups -OCH3 is 2. The first-order valence-electron chi connectivity index (χ1n) is 9.20. The molecule has 1 aliphatic heterocycles. The molecule has 1 saturated heterocycles. The van der Waals surface area contributed by atoms with E-state index in [0.29, 0.717) is 13.0 Å². The Hall–Kier alpha value is -1.37. The monoisotopic (exact) mass is 379 g/mol. The first kappa shape index (κ1) is 20.9. The summed E-state index contributed by atoms with van der Waals surface area (Å²) in [5.74, 6) is 0.652. The van der Waals surface area contributed by atoms with E-state index in [2.05, 4.69) is 38.8 Å². The van der Waals surface area contributed by atoms with Crippen LogP contribution in [0.2, 0.25) is 18.1 Å². The minimum atomic E-state index is -1.87. The van der Waals surface area contributed by atoms with E-state index in [1.54, 1.807) is 7.11 Å². The fourth-order valence-electron chi connectivity index (χ4n) is 3.06. The number of nitrogens with zero attached hydrogens (tertiary/aromatic N) is 1. The molecule has 0 aliphatic carbocycles. The maximum Gasteiger partial charge on any atom is 0.323 e. The van der Waals surface area contributed by atoms with Gasteiger partial charge in [0.1, 0.15) is 11.8 Å². The van der Waals surface area contributed by atoms with Gasteiger partial charge in [-0.1, -0.05) is 32.9 Å². The SMILES string of the molecule is COC(=O)[C@@H]1C[C@@H](O[Si](C)(C)C(C)(C)C)CN1Cc1ccc(OC)cc1. The maximum atomic E-state index is 12.3. The molecule has 0 unspecified atom stereocenters. The van der Waals surface area contributed by atoms with E-state index in [1.165, 1.54) is 7.11 Å². The lowest BCUT2D eigenvalue weighted by Crippen LogP contribution is -2.44. The molecule has 0 bridgehead atoms. The Bertz CT molecular complexity index is 609. The van der Waals surface area contributed by atoms with E-state index in [0.717, 1.165) is 17.9 Å². The third-order valence-corrected chi connectivity index (χ3v) is 10.2. The van der Waals surface area contributed by atoms with E-state index < -0.39 is 8.32 Å². The van der Waals surface area contributed by atoms with Gasteiger partial charge in [-0.25, -0.2) is 0 Å². The summed E-state index contributed by atoms with van der Waals surface area (Å²) in [6.45, 7) is 12.7. The lowest BCUT2D eigenvalue weighted by Gasteiger charge is -2.38. The van der Waals surface area contributed by atoms with Crippen LogP contribution in [-0.2, 0) is 20.5 Å². The summed E-state index contributed by atoms with van der Waals surface area (Å²) in [5.41, 5.74) is 1.15. The Kier molecular flexibility index (Phi) is 6.53. The number of ether oxygens (including phenoxy) is 2. The van der Waals surface area contributed by atoms with Crippen molar-refractivity contribution < 1.29 is 18.7 Å². The fraction of sp³-hybridized carbons (Fsp3) is 0.650. The van der Waals surface area contributed by atoms with Crippen LogP contribution in [0, 0.1) is 0 Å². The van der Waals surface area contributed by atoms with Crippen LogP contribution >= 0.6 is 0 Å². The summed E-state index contributed by atoms with van der Waals surface area (Å²) >= 11 is 0. The molecule has 0 amide bonds. The van der Waals surface area contributed by atoms with Crippen LogP contribution in [-0.4, -0.2) is 52.1 Å². The predicted octanol–water partition coefficient (Wildman–Crippen LogP) is 3.83. The van der Waals surface area contributed by atoms with Gasteiger partial charge < -0.3 is 13.9 Å². The summed E-state index contributed by atoms with van der Waals surface area (Å²) in [6.07, 6.45) is 0.758. The lowest BCUT2D eigenvalue weighted by molar-refractivity contribution is -0.146. The first-order chi connectivity index (χ1) is 12.1. The van der Waals surface area contributed by atoms with Gasteiger partial charge in [0.05, 0.1) is 20.3 Å². The van der Waals surface area contributed by atoms with Crippen LogP contribution in [0.3, 0.4) is 0 Å². The Labute approximate surface area is 158 Å². The van der Waals surface area contributed by atoms with E-state index in [-0.39, 0.29) is 23.2 Å². The number of esters is 1. The summed E-state index contributed by atoms with van der Waals surface area (Å²) in [5, 5.41) is 0.150. The molecule has 1 fully saturated rings. The van der Waals surface area contributed by atoms with Crippen molar-refractivity contribution in [1.82, 2.24) is 4.90 Å². The molecule has 2 atom stereocenters. The molecule has 0 saturated carbocycles. The molecule has 26 heavy (non-hydrogen) atoms. The van der Waals surface area contributed by atoms with Gasteiger partial charge in [-0.3, -0.25) is 9.69 Å². The zero-order valence-electron chi connectivity index (χ0n) is 17.2. The number of carbonyl (C=O) groups is 1. The smallest absolute Gasteiger partial charge is 0.323 e. The predicted molar refractivity (Wildman–Crippen MR) is 106 cm³/mol. The number of likely N-dealkylation sites (tertiary alicyclic amines) is 1. The van der Waals surface area contributed by atoms with Gasteiger partial charge in [0, 0.05) is 13.1 Å². The minimum absolute atomic E-state index is 0.0678. The van der Waals surface area contributed by atoms with Crippen molar-refractivity contribution in [3.63, 3.8) is 0 Å². The van der Waals surface area contributed by atoms with Gasteiger partial charge in [0.25, 0.3) is 0 Å². The van der Waals surface area contributed by atoms with Gasteiger partial charge in [0.15, 0.2) is 8.32 Å². The minimum Gasteiger partial charge on any atom is -0.497 e. The average Bonchev–Trinajstić information content (AvgIpc) is 2.95. The highest BCUT2D eigenvalue weighted by Gasteiger charge is 2.44. The van der Waals surface area contributed by atoms with Crippen molar-refractivity contribution in [2.75, 3.05) is 20.8 Å². The molecule has 0 radical (unpaired) electrons. The molecule has 1 aromatic carbocycles. The van der Waals surface area contributed by atoms with Gasteiger partial charge in [-0.05, 0) is 42.2 Å². The van der Waals surface area contributed by atoms with Crippen LogP contribution in [0.4, 0.5) is 0 Å². The normalized spacial score (nSPS) is 21.7. The molecule has 2 rings (SSSR count). The Morgan fingerprint density at radius 3 is 2.31 bits per heavy atom. The summed E-state index contributed by atoms with van der Waals surface area (Å²) in [7, 11) is 1.24. The Morgan fingerprint density at radius 2 is 1.81 bits per heavy atom. The molecule has 0 N–H and O–H groups in total. The van der Waals surface area contributed by atoms with Crippen molar-refractivity contribution in [2.45, 2.75) is 64.0 Å². The second-order valence-electron chi connectivity index (χ2n) is 8.55. The Morgan fingerprint density at radius 1 is 1.19 bits per heavy atom. The largest absolute Gasteiger partial charge is 0.497 e. The highest BCUT2D eigenvalue weighted by atomic mass is 28.4.